The number of fused-ring (bicyclic) bond motifs is 2. The summed E-state index contributed by atoms with van der Waals surface area (Å²) in [6.07, 6.45) is 1.64. The summed E-state index contributed by atoms with van der Waals surface area (Å²) >= 11 is 1.66. The minimum atomic E-state index is -0.00955. The number of hydrogen-bond donors (Lipinski definition) is 1. The van der Waals surface area contributed by atoms with Gasteiger partial charge in [0.05, 0.1) is 17.4 Å². The molecule has 1 N–H and O–H groups in total. The van der Waals surface area contributed by atoms with Crippen LogP contribution in [0, 0.1) is 11.3 Å². The van der Waals surface area contributed by atoms with Gasteiger partial charge in [0, 0.05) is 27.9 Å². The molecule has 1 aliphatic heterocycles. The lowest BCUT2D eigenvalue weighted by Gasteiger charge is -2.23. The molecule has 27 heavy (non-hydrogen) atoms. The molecule has 0 fully saturated rings. The van der Waals surface area contributed by atoms with E-state index in [2.05, 4.69) is 17.5 Å². The van der Waals surface area contributed by atoms with Crippen LogP contribution in [0.5, 0.6) is 0 Å². The van der Waals surface area contributed by atoms with Crippen molar-refractivity contribution in [3.05, 3.63) is 90.0 Å². The van der Waals surface area contributed by atoms with Crippen LogP contribution >= 0.6 is 11.8 Å². The maximum atomic E-state index is 13.1. The van der Waals surface area contributed by atoms with Crippen LogP contribution in [0.4, 0.5) is 11.4 Å². The van der Waals surface area contributed by atoms with Gasteiger partial charge in [0.2, 0.25) is 0 Å². The Kier molecular flexibility index (Phi) is 4.78. The number of allylic oxidation sites excluding steroid dienone is 2. The summed E-state index contributed by atoms with van der Waals surface area (Å²) in [5.41, 5.74) is 4.12. The Balaban J connectivity index is 1.66. The van der Waals surface area contributed by atoms with Crippen molar-refractivity contribution >= 4 is 34.5 Å². The molecule has 0 spiro atoms. The van der Waals surface area contributed by atoms with Crippen LogP contribution in [-0.4, -0.2) is 5.78 Å². The number of ketones is 1. The number of benzene rings is 3. The topological polar surface area (TPSA) is 52.9 Å². The molecular formula is C23H16N2OS. The van der Waals surface area contributed by atoms with Crippen LogP contribution in [-0.2, 0) is 0 Å². The first kappa shape index (κ1) is 17.1. The van der Waals surface area contributed by atoms with Gasteiger partial charge in [0.25, 0.3) is 0 Å². The number of nitrogens with zero attached hydrogens (tertiary/aromatic N) is 1. The number of para-hydroxylation sites is 2. The highest BCUT2D eigenvalue weighted by atomic mass is 32.2. The van der Waals surface area contributed by atoms with Crippen molar-refractivity contribution in [2.45, 2.75) is 16.2 Å². The monoisotopic (exact) mass is 368 g/mol. The molecule has 0 unspecified atom stereocenters. The Morgan fingerprint density at radius 3 is 2.52 bits per heavy atom. The maximum Gasteiger partial charge on any atom is 0.169 e. The fourth-order valence-corrected chi connectivity index (χ4v) is 4.15. The van der Waals surface area contributed by atoms with Gasteiger partial charge in [-0.15, -0.1) is 0 Å². The van der Waals surface area contributed by atoms with Crippen molar-refractivity contribution in [1.82, 2.24) is 0 Å². The average molecular weight is 368 g/mol. The van der Waals surface area contributed by atoms with Crippen LogP contribution < -0.4 is 5.32 Å². The Hall–Kier alpha value is -3.29. The largest absolute Gasteiger partial charge is 0.353 e. The zero-order valence-electron chi connectivity index (χ0n) is 14.5. The number of carbonyl (C=O) groups is 1. The lowest BCUT2D eigenvalue weighted by Crippen LogP contribution is -2.08. The van der Waals surface area contributed by atoms with E-state index >= 15 is 0 Å². The minimum absolute atomic E-state index is 0.00955. The molecule has 3 aromatic rings. The van der Waals surface area contributed by atoms with Crippen molar-refractivity contribution in [3.8, 4) is 6.07 Å². The Morgan fingerprint density at radius 1 is 0.963 bits per heavy atom. The fraction of sp³-hybridized carbons (Fsp3) is 0.0435. The highest BCUT2D eigenvalue weighted by Gasteiger charge is 2.22. The number of nitrogens with one attached hydrogen (secondary N) is 1. The lowest BCUT2D eigenvalue weighted by molar-refractivity contribution is 0.0999. The van der Waals surface area contributed by atoms with Gasteiger partial charge in [-0.3, -0.25) is 4.79 Å². The van der Waals surface area contributed by atoms with Crippen molar-refractivity contribution < 1.29 is 4.79 Å². The zero-order valence-corrected chi connectivity index (χ0v) is 15.3. The molecule has 1 heterocycles. The molecule has 4 heteroatoms. The van der Waals surface area contributed by atoms with Crippen LogP contribution in [0.25, 0.3) is 5.57 Å². The highest BCUT2D eigenvalue weighted by Crippen LogP contribution is 2.45. The molecule has 3 nitrogen and oxygen atoms in total. The summed E-state index contributed by atoms with van der Waals surface area (Å²) in [7, 11) is 0. The second kappa shape index (κ2) is 7.53. The summed E-state index contributed by atoms with van der Waals surface area (Å²) in [5.74, 6) is -0.00955. The standard InChI is InChI=1S/C23H16N2OS/c24-14-13-17(16-7-2-1-3-8-16)15-20(26)18-9-6-12-22-23(18)25-19-10-4-5-11-21(19)27-22/h1-13,25H,15H2. The summed E-state index contributed by atoms with van der Waals surface area (Å²) in [6.45, 7) is 0. The smallest absolute Gasteiger partial charge is 0.169 e. The molecule has 0 saturated carbocycles. The second-order valence-corrected chi connectivity index (χ2v) is 7.25. The number of Topliss-reactive ketones (excluding diaryl/α,β-unsaturated/α-hetero) is 1. The summed E-state index contributed by atoms with van der Waals surface area (Å²) < 4.78 is 0. The Bertz CT molecular complexity index is 1080. The van der Waals surface area contributed by atoms with Gasteiger partial charge in [-0.25, -0.2) is 0 Å². The number of rotatable bonds is 4. The summed E-state index contributed by atoms with van der Waals surface area (Å²) in [5, 5.41) is 12.5. The molecular weight excluding hydrogens is 352 g/mol. The summed E-state index contributed by atoms with van der Waals surface area (Å²) in [6, 6.07) is 25.5. The summed E-state index contributed by atoms with van der Waals surface area (Å²) in [4.78, 5) is 15.3. The van der Waals surface area contributed by atoms with Crippen LogP contribution in [0.15, 0.2) is 88.7 Å². The Labute approximate surface area is 162 Å². The number of nitriles is 1. The molecule has 3 aromatic carbocycles. The van der Waals surface area contributed by atoms with Crippen molar-refractivity contribution in [2.75, 3.05) is 5.32 Å². The van der Waals surface area contributed by atoms with Gasteiger partial charge >= 0.3 is 0 Å². The number of carbonyl (C=O) groups excluding carboxylic acids is 1. The molecule has 0 bridgehead atoms. The van der Waals surface area contributed by atoms with E-state index in [4.69, 9.17) is 5.26 Å². The third kappa shape index (κ3) is 3.51. The van der Waals surface area contributed by atoms with Gasteiger partial charge in [0.15, 0.2) is 5.78 Å². The molecule has 0 amide bonds. The predicted molar refractivity (Wildman–Crippen MR) is 109 cm³/mol. The van der Waals surface area contributed by atoms with Crippen molar-refractivity contribution in [3.63, 3.8) is 0 Å². The molecule has 0 atom stereocenters. The molecule has 4 rings (SSSR count). The van der Waals surface area contributed by atoms with E-state index in [-0.39, 0.29) is 12.2 Å². The second-order valence-electron chi connectivity index (χ2n) is 6.17. The van der Waals surface area contributed by atoms with E-state index in [1.165, 1.54) is 6.08 Å². The van der Waals surface area contributed by atoms with E-state index in [0.717, 1.165) is 32.3 Å². The highest BCUT2D eigenvalue weighted by molar-refractivity contribution is 7.99. The first-order valence-electron chi connectivity index (χ1n) is 8.60. The Morgan fingerprint density at radius 2 is 1.70 bits per heavy atom. The van der Waals surface area contributed by atoms with Gasteiger partial charge in [0.1, 0.15) is 0 Å². The van der Waals surface area contributed by atoms with Gasteiger partial charge in [-0.1, -0.05) is 60.3 Å². The fourth-order valence-electron chi connectivity index (χ4n) is 3.12. The third-order valence-corrected chi connectivity index (χ3v) is 5.56. The van der Waals surface area contributed by atoms with E-state index < -0.39 is 0 Å². The van der Waals surface area contributed by atoms with Crippen LogP contribution in [0.1, 0.15) is 22.3 Å². The molecule has 130 valence electrons. The van der Waals surface area contributed by atoms with Gasteiger partial charge in [-0.05, 0) is 35.4 Å². The van der Waals surface area contributed by atoms with Crippen LogP contribution in [0.2, 0.25) is 0 Å². The maximum absolute atomic E-state index is 13.1. The zero-order chi connectivity index (χ0) is 18.6. The minimum Gasteiger partial charge on any atom is -0.353 e. The van der Waals surface area contributed by atoms with Crippen LogP contribution in [0.3, 0.4) is 0 Å². The van der Waals surface area contributed by atoms with E-state index in [9.17, 15) is 4.79 Å². The average Bonchev–Trinajstić information content (AvgIpc) is 2.72. The quantitative estimate of drug-likeness (QED) is 0.351. The first-order chi connectivity index (χ1) is 13.3. The number of hydrogen-bond acceptors (Lipinski definition) is 4. The molecule has 0 saturated heterocycles. The molecule has 0 radical (unpaired) electrons. The van der Waals surface area contributed by atoms with E-state index in [1.807, 2.05) is 66.7 Å². The third-order valence-electron chi connectivity index (χ3n) is 4.43. The first-order valence-corrected chi connectivity index (χ1v) is 9.42. The van der Waals surface area contributed by atoms with E-state index in [1.54, 1.807) is 11.8 Å². The SMILES string of the molecule is N#CC=C(CC(=O)c1cccc2c1Nc1ccccc1S2)c1ccccc1. The van der Waals surface area contributed by atoms with E-state index in [0.29, 0.717) is 5.56 Å². The van der Waals surface area contributed by atoms with Crippen molar-refractivity contribution in [1.29, 1.82) is 5.26 Å². The predicted octanol–water partition coefficient (Wildman–Crippen LogP) is 6.07. The molecule has 1 aliphatic rings. The van der Waals surface area contributed by atoms with Gasteiger partial charge in [-0.2, -0.15) is 5.26 Å². The molecule has 0 aromatic heterocycles. The van der Waals surface area contributed by atoms with Gasteiger partial charge < -0.3 is 5.32 Å². The molecule has 0 aliphatic carbocycles. The van der Waals surface area contributed by atoms with Crippen molar-refractivity contribution in [2.24, 2.45) is 0 Å². The number of anilines is 2. The normalized spacial score (nSPS) is 12.3. The lowest BCUT2D eigenvalue weighted by atomic mass is 9.96.